The molecule has 294 valence electrons. The van der Waals surface area contributed by atoms with Gasteiger partial charge in [-0.2, -0.15) is 13.2 Å². The molecule has 2 aromatic carbocycles. The van der Waals surface area contributed by atoms with Crippen molar-refractivity contribution in [2.45, 2.75) is 57.3 Å². The zero-order valence-corrected chi connectivity index (χ0v) is 32.1. The van der Waals surface area contributed by atoms with Crippen LogP contribution in [-0.2, 0) is 17.5 Å². The third kappa shape index (κ3) is 7.61. The van der Waals surface area contributed by atoms with E-state index in [1.54, 1.807) is 27.9 Å². The number of piperidine rings is 2. The minimum atomic E-state index is -4.47. The molecule has 0 saturated carbocycles. The zero-order chi connectivity index (χ0) is 40.1. The summed E-state index contributed by atoms with van der Waals surface area (Å²) in [6.07, 6.45) is 1.18. The molecule has 1 N–H and O–H groups in total. The summed E-state index contributed by atoms with van der Waals surface area (Å²) in [6.45, 7) is 5.09. The van der Waals surface area contributed by atoms with Crippen LogP contribution in [0.5, 0.6) is 0 Å². The summed E-state index contributed by atoms with van der Waals surface area (Å²) >= 11 is 1.35. The molecule has 6 heterocycles. The molecule has 2 aliphatic rings. The minimum absolute atomic E-state index is 0.0222. The second kappa shape index (κ2) is 15.0. The van der Waals surface area contributed by atoms with Gasteiger partial charge in [-0.05, 0) is 81.1 Å². The number of alkyl halides is 3. The third-order valence-corrected chi connectivity index (χ3v) is 12.4. The first kappa shape index (κ1) is 38.2. The van der Waals surface area contributed by atoms with Crippen molar-refractivity contribution >= 4 is 34.2 Å². The number of carbonyl (C=O) groups is 2. The quantitative estimate of drug-likeness (QED) is 0.192. The largest absolute Gasteiger partial charge is 0.416 e. The van der Waals surface area contributed by atoms with Crippen LogP contribution in [0.1, 0.15) is 57.4 Å². The summed E-state index contributed by atoms with van der Waals surface area (Å²) in [7, 11) is 0. The van der Waals surface area contributed by atoms with Gasteiger partial charge in [0.2, 0.25) is 5.91 Å². The van der Waals surface area contributed by atoms with Crippen molar-refractivity contribution in [3.8, 4) is 16.3 Å². The number of halogens is 3. The first-order valence-corrected chi connectivity index (χ1v) is 19.6. The van der Waals surface area contributed by atoms with Crippen LogP contribution in [-0.4, -0.2) is 82.6 Å². The molecule has 2 amide bonds. The van der Waals surface area contributed by atoms with E-state index in [0.717, 1.165) is 34.0 Å². The number of hydrogen-bond donors (Lipinski definition) is 1. The maximum absolute atomic E-state index is 14.3. The second-order valence-corrected chi connectivity index (χ2v) is 16.0. The molecular formula is C42H40F3N7O4S. The highest BCUT2D eigenvalue weighted by atomic mass is 32.1. The lowest BCUT2D eigenvalue weighted by molar-refractivity contribution is -0.142. The summed E-state index contributed by atoms with van der Waals surface area (Å²) in [5.74, 6) is -0.740. The molecule has 0 spiro atoms. The Bertz CT molecular complexity index is 2490. The molecular weight excluding hydrogens is 756 g/mol. The molecule has 15 heteroatoms. The molecule has 2 atom stereocenters. The second-order valence-electron chi connectivity index (χ2n) is 15.0. The standard InChI is InChI=1S/C42H40F3N7O4S/c1-26-8-9-29(22-46-26)37-48-27(2)35(57-37)40(55)50-18-14-32(34(23-50)28-6-4-3-5-7-28)38(53)49-20-16-41(56,17-21-49)24-51-25-47-36-33(39(51)54)15-19-52(36)31-12-10-30(11-13-31)42(43,44)45/h3-13,15,19,22,25,32,34,56H,14,16-18,20-21,23-24H2,1-2H3/t32-,34+/m1/s1. The van der Waals surface area contributed by atoms with Crippen molar-refractivity contribution in [3.63, 3.8) is 0 Å². The topological polar surface area (TPSA) is 126 Å². The van der Waals surface area contributed by atoms with Crippen LogP contribution in [0.4, 0.5) is 13.2 Å². The number of amides is 2. The van der Waals surface area contributed by atoms with Crippen molar-refractivity contribution in [2.75, 3.05) is 26.2 Å². The normalized spacial score (nSPS) is 18.6. The van der Waals surface area contributed by atoms with Gasteiger partial charge in [-0.3, -0.25) is 23.9 Å². The van der Waals surface area contributed by atoms with Crippen LogP contribution in [0.15, 0.2) is 96.3 Å². The van der Waals surface area contributed by atoms with Crippen molar-refractivity contribution in [2.24, 2.45) is 5.92 Å². The van der Waals surface area contributed by atoms with Gasteiger partial charge in [-0.15, -0.1) is 11.3 Å². The Morgan fingerprint density at radius 1 is 0.930 bits per heavy atom. The highest BCUT2D eigenvalue weighted by Gasteiger charge is 2.42. The molecule has 11 nitrogen and oxygen atoms in total. The number of aliphatic hydroxyl groups is 1. The third-order valence-electron chi connectivity index (χ3n) is 11.2. The van der Waals surface area contributed by atoms with E-state index in [-0.39, 0.29) is 59.6 Å². The number of fused-ring (bicyclic) bond motifs is 1. The first-order chi connectivity index (χ1) is 27.3. The number of likely N-dealkylation sites (tertiary alicyclic amines) is 2. The smallest absolute Gasteiger partial charge is 0.388 e. The summed E-state index contributed by atoms with van der Waals surface area (Å²) in [6, 6.07) is 19.8. The van der Waals surface area contributed by atoms with E-state index in [9.17, 15) is 32.7 Å². The average Bonchev–Trinajstić information content (AvgIpc) is 3.83. The van der Waals surface area contributed by atoms with E-state index >= 15 is 0 Å². The molecule has 8 rings (SSSR count). The number of carbonyl (C=O) groups excluding carboxylic acids is 2. The molecule has 0 radical (unpaired) electrons. The molecule has 2 saturated heterocycles. The lowest BCUT2D eigenvalue weighted by Crippen LogP contribution is -2.53. The van der Waals surface area contributed by atoms with Gasteiger partial charge in [-0.25, -0.2) is 9.97 Å². The Morgan fingerprint density at radius 3 is 2.35 bits per heavy atom. The van der Waals surface area contributed by atoms with Crippen LogP contribution >= 0.6 is 11.3 Å². The van der Waals surface area contributed by atoms with Crippen molar-refractivity contribution in [3.05, 3.63) is 129 Å². The number of thiazole rings is 1. The van der Waals surface area contributed by atoms with Crippen LogP contribution in [0.25, 0.3) is 27.3 Å². The predicted molar refractivity (Wildman–Crippen MR) is 209 cm³/mol. The fraction of sp³-hybridized carbons (Fsp3) is 0.333. The summed E-state index contributed by atoms with van der Waals surface area (Å²) in [5, 5.41) is 12.7. The Balaban J connectivity index is 0.942. The van der Waals surface area contributed by atoms with E-state index < -0.39 is 17.3 Å². The Kier molecular flexibility index (Phi) is 10.1. The van der Waals surface area contributed by atoms with Gasteiger partial charge in [0.25, 0.3) is 11.5 Å². The van der Waals surface area contributed by atoms with Crippen LogP contribution in [0, 0.1) is 19.8 Å². The molecule has 57 heavy (non-hydrogen) atoms. The predicted octanol–water partition coefficient (Wildman–Crippen LogP) is 6.64. The fourth-order valence-electron chi connectivity index (χ4n) is 7.97. The number of aromatic nitrogens is 5. The highest BCUT2D eigenvalue weighted by Crippen LogP contribution is 2.38. The monoisotopic (exact) mass is 795 g/mol. The number of rotatable bonds is 7. The van der Waals surface area contributed by atoms with Gasteiger partial charge in [0.05, 0.1) is 28.8 Å². The first-order valence-electron chi connectivity index (χ1n) is 18.8. The Labute approximate surface area is 330 Å². The van der Waals surface area contributed by atoms with Crippen LogP contribution in [0.2, 0.25) is 0 Å². The van der Waals surface area contributed by atoms with Crippen molar-refractivity contribution in [1.29, 1.82) is 0 Å². The molecule has 0 bridgehead atoms. The summed E-state index contributed by atoms with van der Waals surface area (Å²) in [4.78, 5) is 59.5. The van der Waals surface area contributed by atoms with E-state index in [2.05, 4.69) is 15.0 Å². The summed E-state index contributed by atoms with van der Waals surface area (Å²) in [5.41, 5.74) is 1.65. The Hall–Kier alpha value is -5.67. The lowest BCUT2D eigenvalue weighted by atomic mass is 9.79. The van der Waals surface area contributed by atoms with Crippen LogP contribution < -0.4 is 5.56 Å². The minimum Gasteiger partial charge on any atom is -0.388 e. The zero-order valence-electron chi connectivity index (χ0n) is 31.3. The van der Waals surface area contributed by atoms with E-state index in [1.165, 1.54) is 34.4 Å². The molecule has 4 aromatic heterocycles. The molecule has 0 unspecified atom stereocenters. The van der Waals surface area contributed by atoms with Crippen molar-refractivity contribution in [1.82, 2.24) is 33.9 Å². The number of pyridine rings is 1. The van der Waals surface area contributed by atoms with E-state index in [1.807, 2.05) is 61.2 Å². The van der Waals surface area contributed by atoms with Crippen LogP contribution in [0.3, 0.4) is 0 Å². The fourth-order valence-corrected chi connectivity index (χ4v) is 8.99. The number of aryl methyl sites for hydroxylation is 2. The SMILES string of the molecule is Cc1ccc(-c2nc(C)c(C(=O)N3CC[C@@H](C(=O)N4CCC(O)(Cn5cnc6c(ccn6-c6ccc(C(F)(F)F)cc6)c5=O)CC4)[C@H](c4ccccc4)C3)s2)cn1. The average molecular weight is 796 g/mol. The van der Waals surface area contributed by atoms with Gasteiger partial charge >= 0.3 is 6.18 Å². The van der Waals surface area contributed by atoms with Crippen molar-refractivity contribution < 1.29 is 27.9 Å². The van der Waals surface area contributed by atoms with Gasteiger partial charge in [-0.1, -0.05) is 30.3 Å². The van der Waals surface area contributed by atoms with E-state index in [4.69, 9.17) is 0 Å². The Morgan fingerprint density at radius 2 is 1.67 bits per heavy atom. The molecule has 6 aromatic rings. The number of nitrogens with zero attached hydrogens (tertiary/aromatic N) is 7. The number of hydrogen-bond acceptors (Lipinski definition) is 8. The molecule has 2 aliphatic heterocycles. The van der Waals surface area contributed by atoms with Gasteiger partial charge in [0.15, 0.2) is 5.65 Å². The molecule has 0 aliphatic carbocycles. The maximum atomic E-state index is 14.3. The lowest BCUT2D eigenvalue weighted by Gasteiger charge is -2.43. The maximum Gasteiger partial charge on any atom is 0.416 e. The highest BCUT2D eigenvalue weighted by molar-refractivity contribution is 7.17. The number of benzene rings is 2. The van der Waals surface area contributed by atoms with Gasteiger partial charge in [0.1, 0.15) is 16.2 Å². The van der Waals surface area contributed by atoms with Gasteiger partial charge < -0.3 is 19.5 Å². The van der Waals surface area contributed by atoms with E-state index in [0.29, 0.717) is 48.9 Å². The summed E-state index contributed by atoms with van der Waals surface area (Å²) < 4.78 is 42.2. The molecule has 2 fully saturated rings. The van der Waals surface area contributed by atoms with Gasteiger partial charge in [0, 0.05) is 67.4 Å².